The average Bonchev–Trinajstić information content (AvgIpc) is 2.82. The largest absolute Gasteiger partial charge is 0.469 e. The van der Waals surface area contributed by atoms with Gasteiger partial charge in [0.15, 0.2) is 0 Å². The van der Waals surface area contributed by atoms with E-state index in [0.29, 0.717) is 6.61 Å². The summed E-state index contributed by atoms with van der Waals surface area (Å²) in [5, 5.41) is 19.5. The summed E-state index contributed by atoms with van der Waals surface area (Å²) in [6.45, 7) is 0.0154. The number of benzene rings is 1. The molecule has 21 heavy (non-hydrogen) atoms. The van der Waals surface area contributed by atoms with Crippen LogP contribution in [-0.2, 0) is 25.6 Å². The van der Waals surface area contributed by atoms with E-state index >= 15 is 0 Å². The first-order chi connectivity index (χ1) is 10.2. The first-order valence-electron chi connectivity index (χ1n) is 6.82. The summed E-state index contributed by atoms with van der Waals surface area (Å²) < 4.78 is 15.7. The molecule has 1 fully saturated rings. The van der Waals surface area contributed by atoms with Crippen molar-refractivity contribution in [3.63, 3.8) is 0 Å². The van der Waals surface area contributed by atoms with E-state index in [0.717, 1.165) is 5.56 Å². The van der Waals surface area contributed by atoms with Gasteiger partial charge in [-0.05, 0) is 5.56 Å². The molecule has 0 bridgehead atoms. The maximum Gasteiger partial charge on any atom is 0.308 e. The van der Waals surface area contributed by atoms with E-state index < -0.39 is 30.4 Å². The van der Waals surface area contributed by atoms with E-state index in [4.69, 9.17) is 9.47 Å². The molecule has 1 aliphatic heterocycles. The summed E-state index contributed by atoms with van der Waals surface area (Å²) in [7, 11) is 1.27. The monoisotopic (exact) mass is 296 g/mol. The standard InChI is InChI=1S/C15H20O6/c1-19-13(17)7-11-14(18)15(12(8-16)21-11)20-9-10-5-3-2-4-6-10/h2-6,11-12,14-16,18H,7-9H2,1H3/t11-,12+,14-,15-/m1/s1. The number of aliphatic hydroxyl groups excluding tert-OH is 2. The first-order valence-corrected chi connectivity index (χ1v) is 6.82. The zero-order chi connectivity index (χ0) is 15.2. The Labute approximate surface area is 123 Å². The Bertz CT molecular complexity index is 449. The summed E-state index contributed by atoms with van der Waals surface area (Å²) in [6, 6.07) is 9.50. The van der Waals surface area contributed by atoms with Crippen LogP contribution in [0.25, 0.3) is 0 Å². The maximum atomic E-state index is 11.3. The van der Waals surface area contributed by atoms with Crippen LogP contribution in [0, 0.1) is 0 Å². The second kappa shape index (κ2) is 7.51. The minimum atomic E-state index is -0.982. The van der Waals surface area contributed by atoms with Crippen molar-refractivity contribution in [1.82, 2.24) is 0 Å². The third-order valence-electron chi connectivity index (χ3n) is 3.49. The molecule has 0 radical (unpaired) electrons. The summed E-state index contributed by atoms with van der Waals surface area (Å²) in [6.07, 6.45) is -3.11. The van der Waals surface area contributed by atoms with Crippen molar-refractivity contribution < 1.29 is 29.2 Å². The number of aliphatic hydroxyl groups is 2. The lowest BCUT2D eigenvalue weighted by atomic mass is 10.1. The Kier molecular flexibility index (Phi) is 5.69. The van der Waals surface area contributed by atoms with Crippen LogP contribution in [0.4, 0.5) is 0 Å². The summed E-state index contributed by atoms with van der Waals surface area (Å²) in [5.74, 6) is -0.473. The highest BCUT2D eigenvalue weighted by Gasteiger charge is 2.45. The van der Waals surface area contributed by atoms with E-state index in [1.165, 1.54) is 7.11 Å². The average molecular weight is 296 g/mol. The van der Waals surface area contributed by atoms with Gasteiger partial charge in [-0.15, -0.1) is 0 Å². The third-order valence-corrected chi connectivity index (χ3v) is 3.49. The van der Waals surface area contributed by atoms with Gasteiger partial charge in [-0.2, -0.15) is 0 Å². The number of esters is 1. The predicted octanol–water partition coefficient (Wildman–Crippen LogP) is 0.255. The Morgan fingerprint density at radius 1 is 1.29 bits per heavy atom. The van der Waals surface area contributed by atoms with Crippen LogP contribution in [-0.4, -0.2) is 54.3 Å². The molecular formula is C15H20O6. The van der Waals surface area contributed by atoms with Crippen LogP contribution >= 0.6 is 0 Å². The van der Waals surface area contributed by atoms with Gasteiger partial charge in [0.05, 0.1) is 32.8 Å². The molecule has 0 spiro atoms. The van der Waals surface area contributed by atoms with Gasteiger partial charge in [0.2, 0.25) is 0 Å². The molecule has 1 aromatic carbocycles. The van der Waals surface area contributed by atoms with Crippen LogP contribution in [0.2, 0.25) is 0 Å². The Morgan fingerprint density at radius 3 is 2.62 bits per heavy atom. The van der Waals surface area contributed by atoms with Crippen molar-refractivity contribution >= 4 is 5.97 Å². The van der Waals surface area contributed by atoms with Gasteiger partial charge in [-0.25, -0.2) is 0 Å². The molecule has 1 heterocycles. The fourth-order valence-corrected chi connectivity index (χ4v) is 2.35. The van der Waals surface area contributed by atoms with Gasteiger partial charge >= 0.3 is 5.97 Å². The summed E-state index contributed by atoms with van der Waals surface area (Å²) >= 11 is 0. The number of hydrogen-bond donors (Lipinski definition) is 2. The first kappa shape index (κ1) is 15.9. The molecule has 0 unspecified atom stereocenters. The van der Waals surface area contributed by atoms with Crippen LogP contribution in [0.5, 0.6) is 0 Å². The predicted molar refractivity (Wildman–Crippen MR) is 73.4 cm³/mol. The molecule has 1 aromatic rings. The molecule has 1 saturated heterocycles. The van der Waals surface area contributed by atoms with Gasteiger partial charge < -0.3 is 24.4 Å². The second-order valence-electron chi connectivity index (χ2n) is 4.93. The van der Waals surface area contributed by atoms with Crippen molar-refractivity contribution in [2.45, 2.75) is 37.4 Å². The smallest absolute Gasteiger partial charge is 0.308 e. The molecule has 2 rings (SSSR count). The third kappa shape index (κ3) is 4.01. The fourth-order valence-electron chi connectivity index (χ4n) is 2.35. The van der Waals surface area contributed by atoms with E-state index in [-0.39, 0.29) is 13.0 Å². The lowest BCUT2D eigenvalue weighted by Gasteiger charge is -2.19. The van der Waals surface area contributed by atoms with Gasteiger partial charge in [-0.3, -0.25) is 4.79 Å². The Morgan fingerprint density at radius 2 is 2.00 bits per heavy atom. The van der Waals surface area contributed by atoms with E-state index in [9.17, 15) is 15.0 Å². The van der Waals surface area contributed by atoms with Gasteiger partial charge in [-0.1, -0.05) is 30.3 Å². The molecule has 2 N–H and O–H groups in total. The summed E-state index contributed by atoms with van der Waals surface area (Å²) in [4.78, 5) is 11.3. The molecule has 6 nitrogen and oxygen atoms in total. The highest BCUT2D eigenvalue weighted by atomic mass is 16.6. The number of carbonyl (C=O) groups excluding carboxylic acids is 1. The minimum absolute atomic E-state index is 0.0701. The summed E-state index contributed by atoms with van der Waals surface area (Å²) in [5.41, 5.74) is 0.956. The number of methoxy groups -OCH3 is 1. The van der Waals surface area contributed by atoms with Crippen molar-refractivity contribution in [3.8, 4) is 0 Å². The molecule has 6 heteroatoms. The molecule has 0 saturated carbocycles. The van der Waals surface area contributed by atoms with Crippen molar-refractivity contribution in [1.29, 1.82) is 0 Å². The molecule has 4 atom stereocenters. The maximum absolute atomic E-state index is 11.3. The molecule has 1 aliphatic rings. The molecule has 0 aromatic heterocycles. The second-order valence-corrected chi connectivity index (χ2v) is 4.93. The topological polar surface area (TPSA) is 85.2 Å². The van der Waals surface area contributed by atoms with Gasteiger partial charge in [0.1, 0.15) is 18.3 Å². The van der Waals surface area contributed by atoms with E-state index in [1.54, 1.807) is 0 Å². The number of rotatable bonds is 6. The van der Waals surface area contributed by atoms with Crippen molar-refractivity contribution in [3.05, 3.63) is 35.9 Å². The van der Waals surface area contributed by atoms with Crippen molar-refractivity contribution in [2.24, 2.45) is 0 Å². The highest BCUT2D eigenvalue weighted by Crippen LogP contribution is 2.27. The van der Waals surface area contributed by atoms with Crippen LogP contribution in [0.1, 0.15) is 12.0 Å². The van der Waals surface area contributed by atoms with Crippen molar-refractivity contribution in [2.75, 3.05) is 13.7 Å². The lowest BCUT2D eigenvalue weighted by Crippen LogP contribution is -2.37. The quantitative estimate of drug-likeness (QED) is 0.732. The highest BCUT2D eigenvalue weighted by molar-refractivity contribution is 5.69. The molecule has 0 aliphatic carbocycles. The Hall–Kier alpha value is -1.47. The number of carbonyl (C=O) groups is 1. The van der Waals surface area contributed by atoms with Crippen LogP contribution in [0.3, 0.4) is 0 Å². The van der Waals surface area contributed by atoms with E-state index in [2.05, 4.69) is 4.74 Å². The van der Waals surface area contributed by atoms with Gasteiger partial charge in [0, 0.05) is 0 Å². The normalized spacial score (nSPS) is 28.5. The van der Waals surface area contributed by atoms with E-state index in [1.807, 2.05) is 30.3 Å². The lowest BCUT2D eigenvalue weighted by molar-refractivity contribution is -0.145. The SMILES string of the molecule is COC(=O)C[C@H]1O[C@@H](CO)[C@@H](OCc2ccccc2)[C@@H]1O. The molecule has 116 valence electrons. The van der Waals surface area contributed by atoms with Crippen LogP contribution < -0.4 is 0 Å². The molecule has 0 amide bonds. The Balaban J connectivity index is 1.95. The van der Waals surface area contributed by atoms with Crippen LogP contribution in [0.15, 0.2) is 30.3 Å². The molecular weight excluding hydrogens is 276 g/mol. The zero-order valence-corrected chi connectivity index (χ0v) is 11.8. The number of ether oxygens (including phenoxy) is 3. The number of hydrogen-bond acceptors (Lipinski definition) is 6. The minimum Gasteiger partial charge on any atom is -0.469 e. The fraction of sp³-hybridized carbons (Fsp3) is 0.533. The van der Waals surface area contributed by atoms with Gasteiger partial charge in [0.25, 0.3) is 0 Å². The zero-order valence-electron chi connectivity index (χ0n) is 11.8.